The Balaban J connectivity index is 1.72. The normalized spacial score (nSPS) is 19.1. The lowest BCUT2D eigenvalue weighted by Crippen LogP contribution is -2.45. The lowest BCUT2D eigenvalue weighted by atomic mass is 10.4. The van der Waals surface area contributed by atoms with E-state index in [1.165, 1.54) is 0 Å². The fourth-order valence-electron chi connectivity index (χ4n) is 1.30. The van der Waals surface area contributed by atoms with E-state index < -0.39 is 0 Å². The Morgan fingerprint density at radius 1 is 1.54 bits per heavy atom. The van der Waals surface area contributed by atoms with Gasteiger partial charge in [0.25, 0.3) is 0 Å². The third-order valence-electron chi connectivity index (χ3n) is 2.06. The molecule has 0 radical (unpaired) electrons. The highest BCUT2D eigenvalue weighted by Crippen LogP contribution is 1.95. The van der Waals surface area contributed by atoms with Crippen molar-refractivity contribution in [3.05, 3.63) is 18.0 Å². The van der Waals surface area contributed by atoms with Crippen molar-refractivity contribution in [2.75, 3.05) is 26.3 Å². The van der Waals surface area contributed by atoms with Crippen molar-refractivity contribution in [1.29, 1.82) is 0 Å². The molecule has 1 fully saturated rings. The van der Waals surface area contributed by atoms with Crippen LogP contribution < -0.4 is 5.43 Å². The van der Waals surface area contributed by atoms with Crippen molar-refractivity contribution in [1.82, 2.24) is 20.6 Å². The number of aromatic nitrogens is 2. The minimum absolute atomic E-state index is 0.806. The van der Waals surface area contributed by atoms with Crippen LogP contribution in [0.25, 0.3) is 0 Å². The number of nitrogens with zero attached hydrogens (tertiary/aromatic N) is 2. The first-order valence-electron chi connectivity index (χ1n) is 4.49. The number of morpholine rings is 1. The highest BCUT2D eigenvalue weighted by molar-refractivity contribution is 4.96. The van der Waals surface area contributed by atoms with E-state index in [4.69, 9.17) is 4.74 Å². The Kier molecular flexibility index (Phi) is 2.91. The molecule has 2 N–H and O–H groups in total. The van der Waals surface area contributed by atoms with Gasteiger partial charge in [0.05, 0.1) is 25.5 Å². The van der Waals surface area contributed by atoms with E-state index in [0.29, 0.717) is 0 Å². The first-order valence-corrected chi connectivity index (χ1v) is 4.49. The summed E-state index contributed by atoms with van der Waals surface area (Å²) < 4.78 is 5.23. The molecule has 1 aromatic heterocycles. The van der Waals surface area contributed by atoms with Crippen molar-refractivity contribution in [2.24, 2.45) is 0 Å². The third kappa shape index (κ3) is 2.51. The highest BCUT2D eigenvalue weighted by Gasteiger charge is 2.08. The Morgan fingerprint density at radius 3 is 3.08 bits per heavy atom. The lowest BCUT2D eigenvalue weighted by Gasteiger charge is -2.26. The van der Waals surface area contributed by atoms with Gasteiger partial charge in [-0.15, -0.1) is 0 Å². The molecule has 0 amide bonds. The number of aromatic amines is 1. The molecule has 5 heteroatoms. The number of hydrazine groups is 1. The number of hydrogen-bond acceptors (Lipinski definition) is 4. The zero-order valence-corrected chi connectivity index (χ0v) is 7.49. The van der Waals surface area contributed by atoms with E-state index in [9.17, 15) is 0 Å². The van der Waals surface area contributed by atoms with Crippen LogP contribution in [-0.4, -0.2) is 41.5 Å². The third-order valence-corrected chi connectivity index (χ3v) is 2.06. The van der Waals surface area contributed by atoms with Crippen LogP contribution in [0.2, 0.25) is 0 Å². The van der Waals surface area contributed by atoms with E-state index in [0.717, 1.165) is 38.5 Å². The molecule has 0 spiro atoms. The van der Waals surface area contributed by atoms with Crippen LogP contribution in [0.4, 0.5) is 0 Å². The van der Waals surface area contributed by atoms with Crippen molar-refractivity contribution in [3.8, 4) is 0 Å². The van der Waals surface area contributed by atoms with Crippen molar-refractivity contribution in [3.63, 3.8) is 0 Å². The summed E-state index contributed by atoms with van der Waals surface area (Å²) in [5, 5.41) is 8.95. The van der Waals surface area contributed by atoms with Gasteiger partial charge in [-0.25, -0.2) is 10.4 Å². The summed E-state index contributed by atoms with van der Waals surface area (Å²) in [5.41, 5.74) is 4.41. The van der Waals surface area contributed by atoms with Crippen LogP contribution in [0, 0.1) is 0 Å². The summed E-state index contributed by atoms with van der Waals surface area (Å²) in [6, 6.07) is 1.97. The SMILES string of the molecule is c1cc(CNN2CCOCC2)[nH]n1. The molecule has 13 heavy (non-hydrogen) atoms. The van der Waals surface area contributed by atoms with Gasteiger partial charge < -0.3 is 4.74 Å². The molecule has 0 saturated carbocycles. The van der Waals surface area contributed by atoms with Gasteiger partial charge in [0.1, 0.15) is 0 Å². The Hall–Kier alpha value is -0.910. The maximum Gasteiger partial charge on any atom is 0.0608 e. The molecule has 0 atom stereocenters. The number of hydrogen-bond donors (Lipinski definition) is 2. The summed E-state index contributed by atoms with van der Waals surface area (Å²) >= 11 is 0. The molecule has 5 nitrogen and oxygen atoms in total. The van der Waals surface area contributed by atoms with Crippen LogP contribution in [-0.2, 0) is 11.3 Å². The van der Waals surface area contributed by atoms with E-state index in [1.807, 2.05) is 6.07 Å². The predicted molar refractivity (Wildman–Crippen MR) is 47.8 cm³/mol. The smallest absolute Gasteiger partial charge is 0.0608 e. The number of nitrogens with one attached hydrogen (secondary N) is 2. The molecule has 0 aliphatic carbocycles. The van der Waals surface area contributed by atoms with Gasteiger partial charge in [-0.3, -0.25) is 5.10 Å². The van der Waals surface area contributed by atoms with Crippen LogP contribution in [0.15, 0.2) is 12.3 Å². The molecule has 2 rings (SSSR count). The van der Waals surface area contributed by atoms with Gasteiger partial charge >= 0.3 is 0 Å². The average Bonchev–Trinajstić information content (AvgIpc) is 2.69. The number of ether oxygens (including phenoxy) is 1. The lowest BCUT2D eigenvalue weighted by molar-refractivity contribution is 0.0103. The maximum absolute atomic E-state index is 5.23. The molecular weight excluding hydrogens is 168 g/mol. The zero-order chi connectivity index (χ0) is 8.93. The average molecular weight is 182 g/mol. The first-order chi connectivity index (χ1) is 6.45. The van der Waals surface area contributed by atoms with E-state index in [-0.39, 0.29) is 0 Å². The minimum atomic E-state index is 0.806. The Bertz CT molecular complexity index is 230. The van der Waals surface area contributed by atoms with E-state index in [2.05, 4.69) is 20.6 Å². The number of rotatable bonds is 3. The standard InChI is InChI=1S/C8H14N4O/c1-2-9-11-8(1)7-10-12-3-5-13-6-4-12/h1-2,10H,3-7H2,(H,9,11). The fraction of sp³-hybridized carbons (Fsp3) is 0.625. The predicted octanol–water partition coefficient (Wildman–Crippen LogP) is -0.254. The van der Waals surface area contributed by atoms with E-state index >= 15 is 0 Å². The summed E-state index contributed by atoms with van der Waals surface area (Å²) in [5.74, 6) is 0. The van der Waals surface area contributed by atoms with Crippen LogP contribution in [0.5, 0.6) is 0 Å². The van der Waals surface area contributed by atoms with Gasteiger partial charge in [0, 0.05) is 19.3 Å². The number of H-pyrrole nitrogens is 1. The van der Waals surface area contributed by atoms with Crippen molar-refractivity contribution in [2.45, 2.75) is 6.54 Å². The largest absolute Gasteiger partial charge is 0.379 e. The molecule has 1 aliphatic rings. The van der Waals surface area contributed by atoms with Gasteiger partial charge in [-0.05, 0) is 6.07 Å². The summed E-state index contributed by atoms with van der Waals surface area (Å²) in [7, 11) is 0. The highest BCUT2D eigenvalue weighted by atomic mass is 16.5. The quantitative estimate of drug-likeness (QED) is 0.676. The van der Waals surface area contributed by atoms with Gasteiger partial charge in [-0.1, -0.05) is 0 Å². The second kappa shape index (κ2) is 4.36. The summed E-state index contributed by atoms with van der Waals surface area (Å²) in [4.78, 5) is 0. The molecule has 0 bridgehead atoms. The topological polar surface area (TPSA) is 53.2 Å². The van der Waals surface area contributed by atoms with Gasteiger partial charge in [0.15, 0.2) is 0 Å². The van der Waals surface area contributed by atoms with Gasteiger partial charge in [-0.2, -0.15) is 5.10 Å². The Morgan fingerprint density at radius 2 is 2.38 bits per heavy atom. The molecule has 0 unspecified atom stereocenters. The summed E-state index contributed by atoms with van der Waals surface area (Å²) in [6.07, 6.45) is 1.76. The molecule has 1 aromatic rings. The second-order valence-electron chi connectivity index (χ2n) is 3.02. The molecule has 1 aliphatic heterocycles. The van der Waals surface area contributed by atoms with Crippen LogP contribution in [0.1, 0.15) is 5.69 Å². The van der Waals surface area contributed by atoms with Crippen LogP contribution >= 0.6 is 0 Å². The molecule has 0 aromatic carbocycles. The second-order valence-corrected chi connectivity index (χ2v) is 3.02. The molecule has 72 valence electrons. The zero-order valence-electron chi connectivity index (χ0n) is 7.49. The van der Waals surface area contributed by atoms with Crippen molar-refractivity contribution >= 4 is 0 Å². The van der Waals surface area contributed by atoms with Crippen molar-refractivity contribution < 1.29 is 4.74 Å². The minimum Gasteiger partial charge on any atom is -0.379 e. The van der Waals surface area contributed by atoms with E-state index in [1.54, 1.807) is 6.20 Å². The molecule has 1 saturated heterocycles. The summed E-state index contributed by atoms with van der Waals surface area (Å²) in [6.45, 7) is 4.34. The first kappa shape index (κ1) is 8.68. The van der Waals surface area contributed by atoms with Crippen LogP contribution in [0.3, 0.4) is 0 Å². The monoisotopic (exact) mass is 182 g/mol. The molecular formula is C8H14N4O. The maximum atomic E-state index is 5.23. The van der Waals surface area contributed by atoms with Gasteiger partial charge in [0.2, 0.25) is 0 Å². The fourth-order valence-corrected chi connectivity index (χ4v) is 1.30. The Labute approximate surface area is 77.0 Å². The molecule has 2 heterocycles.